The average Bonchev–Trinajstić information content (AvgIpc) is 3.29. The molecule has 2 aromatic carbocycles. The van der Waals surface area contributed by atoms with Crippen molar-refractivity contribution in [2.45, 2.75) is 64.7 Å². The van der Waals surface area contributed by atoms with Crippen LogP contribution in [0.1, 0.15) is 90.5 Å². The molecule has 0 aliphatic heterocycles. The van der Waals surface area contributed by atoms with Crippen LogP contribution in [-0.4, -0.2) is 12.6 Å². The second kappa shape index (κ2) is 9.30. The van der Waals surface area contributed by atoms with Crippen molar-refractivity contribution in [2.24, 2.45) is 0 Å². The molecule has 3 aromatic rings. The van der Waals surface area contributed by atoms with Crippen molar-refractivity contribution >= 4 is 29.5 Å². The second-order valence-corrected chi connectivity index (χ2v) is 11.3. The molecule has 0 saturated heterocycles. The monoisotopic (exact) mass is 458 g/mol. The molecule has 1 aliphatic carbocycles. The van der Waals surface area contributed by atoms with Gasteiger partial charge in [-0.25, -0.2) is 4.79 Å². The Balaban J connectivity index is 1.72. The predicted octanol–water partition coefficient (Wildman–Crippen LogP) is 8.04. The number of esters is 1. The van der Waals surface area contributed by atoms with Crippen molar-refractivity contribution < 1.29 is 9.53 Å². The fraction of sp³-hybridized carbons (Fsp3) is 0.367. The van der Waals surface area contributed by atoms with Crippen molar-refractivity contribution in [1.29, 1.82) is 0 Å². The predicted molar refractivity (Wildman–Crippen MR) is 140 cm³/mol. The molecule has 0 atom stereocenters. The van der Waals surface area contributed by atoms with Gasteiger partial charge in [0.1, 0.15) is 0 Å². The number of carbonyl (C=O) groups excluding carboxylic acids is 1. The third kappa shape index (κ3) is 5.14. The Morgan fingerprint density at radius 1 is 0.970 bits per heavy atom. The minimum atomic E-state index is -0.272. The number of hydrogen-bond donors (Lipinski definition) is 0. The van der Waals surface area contributed by atoms with Gasteiger partial charge in [0.05, 0.1) is 12.2 Å². The molecule has 1 aliphatic rings. The first-order chi connectivity index (χ1) is 15.7. The van der Waals surface area contributed by atoms with Crippen LogP contribution < -0.4 is 0 Å². The third-order valence-corrected chi connectivity index (χ3v) is 7.81. The first kappa shape index (κ1) is 23.5. The summed E-state index contributed by atoms with van der Waals surface area (Å²) in [5, 5.41) is 2.15. The molecule has 0 N–H and O–H groups in total. The molecule has 0 radical (unpaired) electrons. The van der Waals surface area contributed by atoms with Gasteiger partial charge >= 0.3 is 5.97 Å². The van der Waals surface area contributed by atoms with Crippen LogP contribution in [0, 0.1) is 0 Å². The molecule has 0 saturated carbocycles. The largest absolute Gasteiger partial charge is 0.462 e. The van der Waals surface area contributed by atoms with E-state index < -0.39 is 0 Å². The zero-order chi connectivity index (χ0) is 23.6. The maximum absolute atomic E-state index is 11.9. The molecular formula is C30H34O2S. The van der Waals surface area contributed by atoms with Crippen molar-refractivity contribution in [1.82, 2.24) is 0 Å². The van der Waals surface area contributed by atoms with Crippen molar-refractivity contribution in [3.05, 3.63) is 92.2 Å². The van der Waals surface area contributed by atoms with Crippen LogP contribution in [0.5, 0.6) is 0 Å². The third-order valence-electron chi connectivity index (χ3n) is 6.93. The first-order valence-corrected chi connectivity index (χ1v) is 12.7. The lowest BCUT2D eigenvalue weighted by molar-refractivity contribution is 0.0526. The van der Waals surface area contributed by atoms with Gasteiger partial charge in [-0.3, -0.25) is 0 Å². The van der Waals surface area contributed by atoms with E-state index in [1.54, 1.807) is 0 Å². The van der Waals surface area contributed by atoms with E-state index in [4.69, 9.17) is 4.74 Å². The van der Waals surface area contributed by atoms with Gasteiger partial charge in [-0.05, 0) is 82.0 Å². The van der Waals surface area contributed by atoms with E-state index in [9.17, 15) is 4.79 Å². The van der Waals surface area contributed by atoms with Crippen molar-refractivity contribution in [2.75, 3.05) is 6.61 Å². The molecule has 172 valence electrons. The van der Waals surface area contributed by atoms with Gasteiger partial charge in [-0.1, -0.05) is 70.2 Å². The highest BCUT2D eigenvalue weighted by Crippen LogP contribution is 2.47. The minimum Gasteiger partial charge on any atom is -0.462 e. The Labute approximate surface area is 202 Å². The molecule has 0 amide bonds. The summed E-state index contributed by atoms with van der Waals surface area (Å²) in [7, 11) is 0. The highest BCUT2D eigenvalue weighted by molar-refractivity contribution is 7.09. The molecule has 0 bridgehead atoms. The van der Waals surface area contributed by atoms with Gasteiger partial charge in [0.15, 0.2) is 0 Å². The van der Waals surface area contributed by atoms with Gasteiger partial charge in [0.2, 0.25) is 0 Å². The molecule has 1 aromatic heterocycles. The molecule has 2 nitrogen and oxygen atoms in total. The molecule has 3 heteroatoms. The van der Waals surface area contributed by atoms with Crippen LogP contribution in [0.3, 0.4) is 0 Å². The lowest BCUT2D eigenvalue weighted by atomic mass is 9.62. The van der Waals surface area contributed by atoms with Crippen LogP contribution in [0.25, 0.3) is 12.2 Å². The van der Waals surface area contributed by atoms with E-state index >= 15 is 0 Å². The van der Waals surface area contributed by atoms with Gasteiger partial charge < -0.3 is 4.74 Å². The highest BCUT2D eigenvalue weighted by Gasteiger charge is 2.37. The Morgan fingerprint density at radius 3 is 2.24 bits per heavy atom. The van der Waals surface area contributed by atoms with E-state index in [1.807, 2.05) is 42.5 Å². The number of hydrogen-bond acceptors (Lipinski definition) is 3. The topological polar surface area (TPSA) is 26.3 Å². The smallest absolute Gasteiger partial charge is 0.338 e. The van der Waals surface area contributed by atoms with Crippen molar-refractivity contribution in [3.63, 3.8) is 0 Å². The summed E-state index contributed by atoms with van der Waals surface area (Å²) in [6.07, 6.45) is 7.75. The number of rotatable bonds is 6. The number of thiophene rings is 1. The minimum absolute atomic E-state index is 0.177. The summed E-state index contributed by atoms with van der Waals surface area (Å²) in [6.45, 7) is 11.7. The standard InChI is InChI=1S/C30H34O2S/c1-6-32-28(31)22-12-9-21(10-13-22)11-14-23-19-26-27(30(4,5)16-15-29(26,2)3)20-24(23)18-25-8-7-17-33-25/h7-14,17,19-20H,6,15-16,18H2,1-5H3. The number of benzene rings is 2. The van der Waals surface area contributed by atoms with Crippen molar-refractivity contribution in [3.8, 4) is 0 Å². The van der Waals surface area contributed by atoms with Crippen LogP contribution in [0.4, 0.5) is 0 Å². The molecule has 1 heterocycles. The van der Waals surface area contributed by atoms with E-state index in [0.29, 0.717) is 12.2 Å². The number of carbonyl (C=O) groups is 1. The lowest BCUT2D eigenvalue weighted by Crippen LogP contribution is -2.34. The molecular weight excluding hydrogens is 424 g/mol. The van der Waals surface area contributed by atoms with Gasteiger partial charge in [-0.15, -0.1) is 11.3 Å². The van der Waals surface area contributed by atoms with E-state index in [2.05, 4.69) is 69.5 Å². The van der Waals surface area contributed by atoms with Gasteiger partial charge in [0.25, 0.3) is 0 Å². The Morgan fingerprint density at radius 2 is 1.64 bits per heavy atom. The highest BCUT2D eigenvalue weighted by atomic mass is 32.1. The molecule has 0 unspecified atom stereocenters. The summed E-state index contributed by atoms with van der Waals surface area (Å²) in [4.78, 5) is 13.3. The maximum Gasteiger partial charge on any atom is 0.338 e. The molecule has 0 fully saturated rings. The fourth-order valence-electron chi connectivity index (χ4n) is 4.72. The van der Waals surface area contributed by atoms with Crippen LogP contribution in [-0.2, 0) is 22.0 Å². The quantitative estimate of drug-likeness (QED) is 0.276. The van der Waals surface area contributed by atoms with Gasteiger partial charge in [0, 0.05) is 11.3 Å². The Bertz CT molecular complexity index is 1150. The summed E-state index contributed by atoms with van der Waals surface area (Å²) >= 11 is 1.82. The van der Waals surface area contributed by atoms with Crippen LogP contribution >= 0.6 is 11.3 Å². The molecule has 33 heavy (non-hydrogen) atoms. The molecule has 4 rings (SSSR count). The van der Waals surface area contributed by atoms with E-state index in [0.717, 1.165) is 12.0 Å². The van der Waals surface area contributed by atoms with E-state index in [-0.39, 0.29) is 16.8 Å². The number of fused-ring (bicyclic) bond motifs is 1. The normalized spacial score (nSPS) is 16.5. The maximum atomic E-state index is 11.9. The Hall–Kier alpha value is -2.65. The van der Waals surface area contributed by atoms with Gasteiger partial charge in [-0.2, -0.15) is 0 Å². The SMILES string of the molecule is CCOC(=O)c1ccc(C=Cc2cc3c(cc2Cc2cccs2)C(C)(C)CCC3(C)C)cc1. The summed E-state index contributed by atoms with van der Waals surface area (Å²) in [5.41, 5.74) is 7.67. The van der Waals surface area contributed by atoms with E-state index in [1.165, 1.54) is 40.0 Å². The second-order valence-electron chi connectivity index (χ2n) is 10.3. The number of ether oxygens (including phenoxy) is 1. The van der Waals surface area contributed by atoms with Crippen LogP contribution in [0.15, 0.2) is 53.9 Å². The van der Waals surface area contributed by atoms with Crippen LogP contribution in [0.2, 0.25) is 0 Å². The zero-order valence-corrected chi connectivity index (χ0v) is 21.2. The average molecular weight is 459 g/mol. The fourth-order valence-corrected chi connectivity index (χ4v) is 5.44. The lowest BCUT2D eigenvalue weighted by Gasteiger charge is -2.42. The first-order valence-electron chi connectivity index (χ1n) is 11.9. The Kier molecular flexibility index (Phi) is 6.63. The molecule has 0 spiro atoms. The zero-order valence-electron chi connectivity index (χ0n) is 20.4. The summed E-state index contributed by atoms with van der Waals surface area (Å²) in [5.74, 6) is -0.272. The summed E-state index contributed by atoms with van der Waals surface area (Å²) < 4.78 is 5.10. The summed E-state index contributed by atoms with van der Waals surface area (Å²) in [6, 6.07) is 16.9.